The minimum absolute atomic E-state index is 0.587. The van der Waals surface area contributed by atoms with Crippen molar-refractivity contribution in [3.05, 3.63) is 54.1 Å². The lowest BCUT2D eigenvalue weighted by Crippen LogP contribution is -1.97. The molecule has 0 aromatic carbocycles. The zero-order chi connectivity index (χ0) is 16.8. The van der Waals surface area contributed by atoms with E-state index >= 15 is 0 Å². The van der Waals surface area contributed by atoms with Gasteiger partial charge in [0.2, 0.25) is 0 Å². The van der Waals surface area contributed by atoms with Gasteiger partial charge in [0.05, 0.1) is 11.0 Å². The topological polar surface area (TPSA) is 80.2 Å². The van der Waals surface area contributed by atoms with Crippen LogP contribution in [0.3, 0.4) is 0 Å². The first-order valence-corrected chi connectivity index (χ1v) is 8.64. The maximum absolute atomic E-state index is 4.81. The van der Waals surface area contributed by atoms with Crippen molar-refractivity contribution in [1.82, 2.24) is 29.9 Å². The van der Waals surface area contributed by atoms with Gasteiger partial charge in [-0.1, -0.05) is 6.07 Å². The number of rotatable bonds is 2. The first-order valence-electron chi connectivity index (χ1n) is 7.76. The summed E-state index contributed by atoms with van der Waals surface area (Å²) in [5.41, 5.74) is 4.99. The predicted octanol–water partition coefficient (Wildman–Crippen LogP) is 4.00. The highest BCUT2D eigenvalue weighted by molar-refractivity contribution is 7.17. The van der Waals surface area contributed by atoms with E-state index in [4.69, 9.17) is 4.98 Å². The van der Waals surface area contributed by atoms with Crippen LogP contribution in [0, 0.1) is 6.92 Å². The molecule has 0 radical (unpaired) electrons. The summed E-state index contributed by atoms with van der Waals surface area (Å²) in [5.74, 6) is 0.587. The van der Waals surface area contributed by atoms with E-state index in [1.165, 1.54) is 0 Å². The van der Waals surface area contributed by atoms with Crippen LogP contribution >= 0.6 is 11.3 Å². The van der Waals surface area contributed by atoms with Crippen LogP contribution in [0.4, 0.5) is 0 Å². The third-order valence-corrected chi connectivity index (χ3v) is 4.96. The molecule has 5 heterocycles. The van der Waals surface area contributed by atoms with Crippen LogP contribution in [0.1, 0.15) is 5.69 Å². The molecular weight excluding hydrogens is 332 g/mol. The quantitative estimate of drug-likeness (QED) is 0.523. The Bertz CT molecular complexity index is 1220. The molecule has 5 aromatic rings. The second-order valence-corrected chi connectivity index (χ2v) is 6.59. The minimum Gasteiger partial charge on any atom is -0.329 e. The summed E-state index contributed by atoms with van der Waals surface area (Å²) in [6.07, 6.45) is 5.31. The van der Waals surface area contributed by atoms with Gasteiger partial charge in [0.15, 0.2) is 11.5 Å². The fraction of sp³-hybridized carbons (Fsp3) is 0.0556. The van der Waals surface area contributed by atoms with Crippen LogP contribution < -0.4 is 0 Å². The number of hydrogen-bond acceptors (Lipinski definition) is 6. The van der Waals surface area contributed by atoms with Gasteiger partial charge >= 0.3 is 0 Å². The fourth-order valence-corrected chi connectivity index (χ4v) is 3.78. The molecule has 7 heteroatoms. The van der Waals surface area contributed by atoms with Crippen LogP contribution in [0.25, 0.3) is 44.0 Å². The summed E-state index contributed by atoms with van der Waals surface area (Å²) in [5, 5.41) is 3.21. The third kappa shape index (κ3) is 2.28. The van der Waals surface area contributed by atoms with Gasteiger partial charge in [0.1, 0.15) is 16.9 Å². The van der Waals surface area contributed by atoms with Gasteiger partial charge in [-0.05, 0) is 25.1 Å². The number of H-pyrrole nitrogens is 1. The van der Waals surface area contributed by atoms with E-state index in [1.54, 1.807) is 23.9 Å². The molecule has 0 fully saturated rings. The third-order valence-electron chi connectivity index (χ3n) is 4.03. The van der Waals surface area contributed by atoms with E-state index in [0.717, 1.165) is 38.2 Å². The molecule has 120 valence electrons. The van der Waals surface area contributed by atoms with Crippen molar-refractivity contribution in [2.24, 2.45) is 0 Å². The number of pyridine rings is 2. The molecule has 0 spiro atoms. The Morgan fingerprint density at radius 3 is 2.96 bits per heavy atom. The van der Waals surface area contributed by atoms with Crippen LogP contribution in [0.15, 0.2) is 48.4 Å². The second kappa shape index (κ2) is 5.42. The maximum atomic E-state index is 4.81. The number of thiophene rings is 1. The predicted molar refractivity (Wildman–Crippen MR) is 98.3 cm³/mol. The van der Waals surface area contributed by atoms with Crippen molar-refractivity contribution in [1.29, 1.82) is 0 Å². The Morgan fingerprint density at radius 2 is 2.04 bits per heavy atom. The second-order valence-electron chi connectivity index (χ2n) is 5.68. The molecule has 0 atom stereocenters. The first kappa shape index (κ1) is 14.2. The maximum Gasteiger partial charge on any atom is 0.180 e. The molecule has 5 rings (SSSR count). The number of aromatic nitrogens is 6. The number of fused-ring (bicyclic) bond motifs is 2. The molecule has 0 amide bonds. The lowest BCUT2D eigenvalue weighted by Gasteiger charge is -2.05. The zero-order valence-corrected chi connectivity index (χ0v) is 14.1. The van der Waals surface area contributed by atoms with Crippen molar-refractivity contribution in [2.45, 2.75) is 6.92 Å². The van der Waals surface area contributed by atoms with Crippen molar-refractivity contribution >= 4 is 32.6 Å². The van der Waals surface area contributed by atoms with Crippen LogP contribution in [0.5, 0.6) is 0 Å². The van der Waals surface area contributed by atoms with Crippen LogP contribution in [0.2, 0.25) is 0 Å². The Hall–Kier alpha value is -3.19. The molecule has 6 nitrogen and oxygen atoms in total. The van der Waals surface area contributed by atoms with Gasteiger partial charge in [0.25, 0.3) is 0 Å². The summed E-state index contributed by atoms with van der Waals surface area (Å²) < 4.78 is 1.12. The van der Waals surface area contributed by atoms with Crippen molar-refractivity contribution in [3.63, 3.8) is 0 Å². The molecule has 0 unspecified atom stereocenters. The smallest absolute Gasteiger partial charge is 0.180 e. The van der Waals surface area contributed by atoms with Gasteiger partial charge in [-0.2, -0.15) is 0 Å². The monoisotopic (exact) mass is 344 g/mol. The van der Waals surface area contributed by atoms with E-state index in [1.807, 2.05) is 37.4 Å². The van der Waals surface area contributed by atoms with E-state index in [-0.39, 0.29) is 0 Å². The molecule has 25 heavy (non-hydrogen) atoms. The molecule has 0 saturated carbocycles. The van der Waals surface area contributed by atoms with Gasteiger partial charge in [-0.3, -0.25) is 4.98 Å². The fourth-order valence-electron chi connectivity index (χ4n) is 2.87. The number of nitrogens with one attached hydrogen (secondary N) is 1. The number of hydrogen-bond donors (Lipinski definition) is 1. The van der Waals surface area contributed by atoms with E-state index in [2.05, 4.69) is 30.3 Å². The summed E-state index contributed by atoms with van der Waals surface area (Å²) in [6.45, 7) is 1.96. The summed E-state index contributed by atoms with van der Waals surface area (Å²) in [7, 11) is 0. The molecule has 0 aliphatic rings. The normalized spacial score (nSPS) is 11.4. The van der Waals surface area contributed by atoms with Gasteiger partial charge in [0, 0.05) is 34.4 Å². The molecule has 0 aliphatic heterocycles. The van der Waals surface area contributed by atoms with Crippen LogP contribution in [-0.4, -0.2) is 29.9 Å². The average molecular weight is 344 g/mol. The average Bonchev–Trinajstić information content (AvgIpc) is 3.27. The number of aryl methyl sites for hydroxylation is 1. The number of imidazole rings is 1. The highest BCUT2D eigenvalue weighted by atomic mass is 32.1. The van der Waals surface area contributed by atoms with Gasteiger partial charge in [-0.25, -0.2) is 19.9 Å². The highest BCUT2D eigenvalue weighted by Crippen LogP contribution is 2.35. The largest absolute Gasteiger partial charge is 0.329 e. The summed E-state index contributed by atoms with van der Waals surface area (Å²) in [6, 6.07) is 7.85. The zero-order valence-electron chi connectivity index (χ0n) is 13.3. The van der Waals surface area contributed by atoms with Crippen LogP contribution in [-0.2, 0) is 0 Å². The highest BCUT2D eigenvalue weighted by Gasteiger charge is 2.17. The Labute approximate surface area is 146 Å². The van der Waals surface area contributed by atoms with E-state index in [0.29, 0.717) is 11.5 Å². The Morgan fingerprint density at radius 1 is 1.08 bits per heavy atom. The Balaban J connectivity index is 1.82. The molecular formula is C18H12N6S. The van der Waals surface area contributed by atoms with E-state index < -0.39 is 0 Å². The van der Waals surface area contributed by atoms with Gasteiger partial charge < -0.3 is 4.98 Å². The minimum atomic E-state index is 0.587. The van der Waals surface area contributed by atoms with Gasteiger partial charge in [-0.15, -0.1) is 11.3 Å². The standard InChI is InChI=1S/C18H12N6S/c1-10-3-2-4-13(22-10)17-23-15(16-18(24-17)21-9-20-16)12-8-25-14-7-19-6-5-11(12)14/h2-9H,1H3,(H,20,21,23,24). The number of nitrogens with zero attached hydrogens (tertiary/aromatic N) is 5. The lowest BCUT2D eigenvalue weighted by atomic mass is 10.1. The molecule has 0 bridgehead atoms. The van der Waals surface area contributed by atoms with Crippen molar-refractivity contribution in [3.8, 4) is 22.8 Å². The molecule has 1 N–H and O–H groups in total. The van der Waals surface area contributed by atoms with Crippen molar-refractivity contribution < 1.29 is 0 Å². The van der Waals surface area contributed by atoms with E-state index in [9.17, 15) is 0 Å². The molecule has 0 saturated heterocycles. The summed E-state index contributed by atoms with van der Waals surface area (Å²) >= 11 is 1.65. The Kier molecular flexibility index (Phi) is 3.07. The first-order chi connectivity index (χ1) is 12.3. The SMILES string of the molecule is Cc1cccc(-c2nc(-c3csc4cnccc34)c3nc[nH]c3n2)n1. The van der Waals surface area contributed by atoms with Crippen molar-refractivity contribution in [2.75, 3.05) is 0 Å². The lowest BCUT2D eigenvalue weighted by molar-refractivity contribution is 1.13. The number of aromatic amines is 1. The molecule has 5 aromatic heterocycles. The molecule has 0 aliphatic carbocycles. The summed E-state index contributed by atoms with van der Waals surface area (Å²) in [4.78, 5) is 25.7.